The average molecular weight is 479 g/mol. The molecule has 1 aromatic carbocycles. The molecule has 3 heterocycles. The number of allylic oxidation sites excluding steroid dienone is 1. The van der Waals surface area contributed by atoms with E-state index in [2.05, 4.69) is 11.1 Å². The zero-order valence-electron chi connectivity index (χ0n) is 20.1. The van der Waals surface area contributed by atoms with Gasteiger partial charge < -0.3 is 14.4 Å². The summed E-state index contributed by atoms with van der Waals surface area (Å²) in [6, 6.07) is 10.4. The van der Waals surface area contributed by atoms with Crippen molar-refractivity contribution in [2.24, 2.45) is 29.6 Å². The predicted octanol–water partition coefficient (Wildman–Crippen LogP) is 5.19. The SMILES string of the molecule is CCOC(=O)N1CCC2C(CC3C(=O)O[C@H](C)C3C2/C=C/c2ccc(-c3ccccc3F)cn2)C1. The van der Waals surface area contributed by atoms with E-state index >= 15 is 0 Å². The number of hydrogen-bond acceptors (Lipinski definition) is 5. The molecule has 0 radical (unpaired) electrons. The van der Waals surface area contributed by atoms with Gasteiger partial charge in [-0.3, -0.25) is 9.78 Å². The lowest BCUT2D eigenvalue weighted by Crippen LogP contribution is -2.51. The molecule has 1 aromatic heterocycles. The summed E-state index contributed by atoms with van der Waals surface area (Å²) in [6.07, 6.45) is 7.06. The monoisotopic (exact) mass is 478 g/mol. The highest BCUT2D eigenvalue weighted by Crippen LogP contribution is 2.51. The van der Waals surface area contributed by atoms with Crippen LogP contribution in [-0.4, -0.2) is 47.7 Å². The number of rotatable bonds is 4. The minimum atomic E-state index is -0.276. The first-order valence-electron chi connectivity index (χ1n) is 12.5. The molecule has 184 valence electrons. The van der Waals surface area contributed by atoms with Crippen LogP contribution in [0.4, 0.5) is 9.18 Å². The van der Waals surface area contributed by atoms with Crippen molar-refractivity contribution in [1.82, 2.24) is 9.88 Å². The number of nitrogens with zero attached hydrogens (tertiary/aromatic N) is 2. The van der Waals surface area contributed by atoms with Gasteiger partial charge >= 0.3 is 12.1 Å². The Morgan fingerprint density at radius 3 is 2.86 bits per heavy atom. The number of ether oxygens (including phenoxy) is 2. The summed E-state index contributed by atoms with van der Waals surface area (Å²) in [7, 11) is 0. The van der Waals surface area contributed by atoms with E-state index in [1.807, 2.05) is 38.1 Å². The molecule has 35 heavy (non-hydrogen) atoms. The molecule has 1 saturated carbocycles. The molecule has 0 spiro atoms. The van der Waals surface area contributed by atoms with Crippen LogP contribution in [0.5, 0.6) is 0 Å². The Balaban J connectivity index is 1.37. The third-order valence-corrected chi connectivity index (χ3v) is 7.89. The Morgan fingerprint density at radius 2 is 2.11 bits per heavy atom. The van der Waals surface area contributed by atoms with Gasteiger partial charge in [-0.2, -0.15) is 0 Å². The maximum Gasteiger partial charge on any atom is 0.409 e. The number of cyclic esters (lactones) is 1. The smallest absolute Gasteiger partial charge is 0.409 e. The first-order chi connectivity index (χ1) is 17.0. The van der Waals surface area contributed by atoms with Crippen LogP contribution in [0, 0.1) is 35.4 Å². The molecule has 7 heteroatoms. The fourth-order valence-electron chi connectivity index (χ4n) is 6.31. The van der Waals surface area contributed by atoms with Crippen LogP contribution in [0.2, 0.25) is 0 Å². The van der Waals surface area contributed by atoms with Gasteiger partial charge in [0.25, 0.3) is 0 Å². The van der Waals surface area contributed by atoms with Crippen LogP contribution >= 0.6 is 0 Å². The second-order valence-electron chi connectivity index (χ2n) is 9.81. The largest absolute Gasteiger partial charge is 0.462 e. The maximum absolute atomic E-state index is 14.1. The van der Waals surface area contributed by atoms with Crippen molar-refractivity contribution in [1.29, 1.82) is 0 Å². The van der Waals surface area contributed by atoms with Gasteiger partial charge in [-0.15, -0.1) is 0 Å². The van der Waals surface area contributed by atoms with Crippen LogP contribution in [0.1, 0.15) is 32.4 Å². The zero-order chi connectivity index (χ0) is 24.5. The number of carbonyl (C=O) groups is 2. The van der Waals surface area contributed by atoms with E-state index in [1.54, 1.807) is 23.2 Å². The maximum atomic E-state index is 14.1. The van der Waals surface area contributed by atoms with Gasteiger partial charge in [0.2, 0.25) is 0 Å². The normalized spacial score (nSPS) is 30.0. The summed E-state index contributed by atoms with van der Waals surface area (Å²) in [4.78, 5) is 31.3. The number of halogens is 1. The van der Waals surface area contributed by atoms with E-state index in [1.165, 1.54) is 6.07 Å². The number of pyridine rings is 1. The van der Waals surface area contributed by atoms with Crippen LogP contribution in [0.15, 0.2) is 48.7 Å². The van der Waals surface area contributed by atoms with E-state index in [0.717, 1.165) is 24.1 Å². The summed E-state index contributed by atoms with van der Waals surface area (Å²) in [5.74, 6) is 0.292. The van der Waals surface area contributed by atoms with E-state index in [0.29, 0.717) is 31.2 Å². The first kappa shape index (κ1) is 23.5. The Labute approximate surface area is 205 Å². The minimum Gasteiger partial charge on any atom is -0.462 e. The number of carbonyl (C=O) groups excluding carboxylic acids is 2. The summed E-state index contributed by atoms with van der Waals surface area (Å²) in [6.45, 7) is 5.41. The van der Waals surface area contributed by atoms with Crippen molar-refractivity contribution in [2.75, 3.05) is 19.7 Å². The molecule has 1 aliphatic carbocycles. The molecule has 5 rings (SSSR count). The first-order valence-corrected chi connectivity index (χ1v) is 12.5. The highest BCUT2D eigenvalue weighted by atomic mass is 19.1. The number of amides is 1. The van der Waals surface area contributed by atoms with Crippen LogP contribution in [-0.2, 0) is 14.3 Å². The van der Waals surface area contributed by atoms with Crippen LogP contribution < -0.4 is 0 Å². The summed E-state index contributed by atoms with van der Waals surface area (Å²) < 4.78 is 25.0. The highest BCUT2D eigenvalue weighted by Gasteiger charge is 2.54. The van der Waals surface area contributed by atoms with Crippen molar-refractivity contribution < 1.29 is 23.5 Å². The number of aromatic nitrogens is 1. The number of esters is 1. The quantitative estimate of drug-likeness (QED) is 0.566. The molecule has 2 saturated heterocycles. The molecule has 0 bridgehead atoms. The number of benzene rings is 1. The van der Waals surface area contributed by atoms with Crippen molar-refractivity contribution in [2.45, 2.75) is 32.8 Å². The number of piperidine rings is 1. The highest BCUT2D eigenvalue weighted by molar-refractivity contribution is 5.76. The van der Waals surface area contributed by atoms with Crippen LogP contribution in [0.3, 0.4) is 0 Å². The third kappa shape index (κ3) is 4.56. The van der Waals surface area contributed by atoms with E-state index in [-0.39, 0.29) is 47.7 Å². The number of hydrogen-bond donors (Lipinski definition) is 0. The van der Waals surface area contributed by atoms with Gasteiger partial charge in [-0.1, -0.05) is 30.3 Å². The van der Waals surface area contributed by atoms with E-state index in [4.69, 9.17) is 9.47 Å². The average Bonchev–Trinajstić information content (AvgIpc) is 3.15. The second kappa shape index (κ2) is 9.80. The van der Waals surface area contributed by atoms with Gasteiger partial charge in [0, 0.05) is 36.3 Å². The lowest BCUT2D eigenvalue weighted by Gasteiger charge is -2.48. The molecule has 5 unspecified atom stereocenters. The Bertz CT molecular complexity index is 1120. The Morgan fingerprint density at radius 1 is 1.29 bits per heavy atom. The van der Waals surface area contributed by atoms with Crippen molar-refractivity contribution in [3.05, 3.63) is 60.2 Å². The second-order valence-corrected chi connectivity index (χ2v) is 9.81. The molecule has 6 nitrogen and oxygen atoms in total. The summed E-state index contributed by atoms with van der Waals surface area (Å²) >= 11 is 0. The predicted molar refractivity (Wildman–Crippen MR) is 129 cm³/mol. The molecule has 3 aliphatic rings. The van der Waals surface area contributed by atoms with Gasteiger partial charge in [0.1, 0.15) is 11.9 Å². The minimum absolute atomic E-state index is 0.117. The molecule has 2 aromatic rings. The van der Waals surface area contributed by atoms with Gasteiger partial charge in [-0.05, 0) is 62.7 Å². The topological polar surface area (TPSA) is 68.7 Å². The standard InChI is InChI=1S/C28H31FN2O4/c1-3-34-28(33)31-13-12-21-19(16-31)14-24-26(17(2)35-27(24)32)23(21)11-10-20-9-8-18(15-30-20)22-6-4-5-7-25(22)29/h4-11,15,17,19,21,23-24,26H,3,12-14,16H2,1-2H3/b11-10+/t17-,19?,21?,23?,24?,26?/m1/s1. The molecular weight excluding hydrogens is 447 g/mol. The molecule has 2 aliphatic heterocycles. The molecule has 0 N–H and O–H groups in total. The summed E-state index contributed by atoms with van der Waals surface area (Å²) in [5.41, 5.74) is 2.04. The molecule has 3 fully saturated rings. The lowest BCUT2D eigenvalue weighted by molar-refractivity contribution is -0.144. The zero-order valence-corrected chi connectivity index (χ0v) is 20.1. The molecular formula is C28H31FN2O4. The van der Waals surface area contributed by atoms with Crippen molar-refractivity contribution >= 4 is 18.1 Å². The fourth-order valence-corrected chi connectivity index (χ4v) is 6.31. The van der Waals surface area contributed by atoms with Gasteiger partial charge in [0.05, 0.1) is 18.2 Å². The summed E-state index contributed by atoms with van der Waals surface area (Å²) in [5, 5.41) is 0. The molecule has 1 amide bonds. The van der Waals surface area contributed by atoms with Gasteiger partial charge in [-0.25, -0.2) is 9.18 Å². The van der Waals surface area contributed by atoms with Crippen molar-refractivity contribution in [3.8, 4) is 11.1 Å². The fraction of sp³-hybridized carbons (Fsp3) is 0.464. The third-order valence-electron chi connectivity index (χ3n) is 7.89. The van der Waals surface area contributed by atoms with Gasteiger partial charge in [0.15, 0.2) is 0 Å². The molecule has 6 atom stereocenters. The van der Waals surface area contributed by atoms with E-state index < -0.39 is 0 Å². The lowest BCUT2D eigenvalue weighted by atomic mass is 9.59. The Hall–Kier alpha value is -3.22. The van der Waals surface area contributed by atoms with E-state index in [9.17, 15) is 14.0 Å². The van der Waals surface area contributed by atoms with Crippen LogP contribution in [0.25, 0.3) is 17.2 Å². The number of fused-ring (bicyclic) bond motifs is 2. The Kier molecular flexibility index (Phi) is 6.58. The number of likely N-dealkylation sites (tertiary alicyclic amines) is 1. The van der Waals surface area contributed by atoms with Crippen molar-refractivity contribution in [3.63, 3.8) is 0 Å².